The highest BCUT2D eigenvalue weighted by Gasteiger charge is 2.21. The SMILES string of the molecule is CC1CSC(c2cccnc2)N1. The highest BCUT2D eigenvalue weighted by Crippen LogP contribution is 2.31. The van der Waals surface area contributed by atoms with Crippen LogP contribution in [0.2, 0.25) is 0 Å². The predicted molar refractivity (Wildman–Crippen MR) is 52.0 cm³/mol. The highest BCUT2D eigenvalue weighted by atomic mass is 32.2. The first kappa shape index (κ1) is 8.08. The summed E-state index contributed by atoms with van der Waals surface area (Å²) < 4.78 is 0. The Hall–Kier alpha value is -0.540. The Morgan fingerprint density at radius 1 is 1.67 bits per heavy atom. The van der Waals surface area contributed by atoms with Crippen molar-refractivity contribution in [1.29, 1.82) is 0 Å². The molecular weight excluding hydrogens is 168 g/mol. The Bertz CT molecular complexity index is 250. The van der Waals surface area contributed by atoms with Gasteiger partial charge < -0.3 is 0 Å². The first-order valence-corrected chi connectivity index (χ1v) is 5.19. The summed E-state index contributed by atoms with van der Waals surface area (Å²) in [5.41, 5.74) is 1.28. The standard InChI is InChI=1S/C9H12N2S/c1-7-6-12-9(11-7)8-3-2-4-10-5-8/h2-5,7,9,11H,6H2,1H3. The van der Waals surface area contributed by atoms with Crippen molar-refractivity contribution in [1.82, 2.24) is 10.3 Å². The largest absolute Gasteiger partial charge is 0.298 e. The van der Waals surface area contributed by atoms with Crippen LogP contribution in [0.1, 0.15) is 17.9 Å². The van der Waals surface area contributed by atoms with E-state index >= 15 is 0 Å². The summed E-state index contributed by atoms with van der Waals surface area (Å²) >= 11 is 1.95. The minimum Gasteiger partial charge on any atom is -0.298 e. The van der Waals surface area contributed by atoms with E-state index < -0.39 is 0 Å². The Labute approximate surface area is 76.8 Å². The van der Waals surface area contributed by atoms with E-state index in [1.165, 1.54) is 11.3 Å². The van der Waals surface area contributed by atoms with Crippen LogP contribution in [0, 0.1) is 0 Å². The predicted octanol–water partition coefficient (Wildman–Crippen LogP) is 1.81. The molecule has 1 aromatic heterocycles. The van der Waals surface area contributed by atoms with Crippen LogP contribution in [-0.4, -0.2) is 16.8 Å². The second-order valence-electron chi connectivity index (χ2n) is 3.07. The van der Waals surface area contributed by atoms with Crippen LogP contribution in [0.25, 0.3) is 0 Å². The molecule has 0 aliphatic carbocycles. The van der Waals surface area contributed by atoms with Crippen molar-refractivity contribution < 1.29 is 0 Å². The van der Waals surface area contributed by atoms with Gasteiger partial charge in [-0.1, -0.05) is 6.07 Å². The lowest BCUT2D eigenvalue weighted by Gasteiger charge is -2.09. The van der Waals surface area contributed by atoms with Crippen molar-refractivity contribution in [3.05, 3.63) is 30.1 Å². The molecule has 0 saturated carbocycles. The van der Waals surface area contributed by atoms with Crippen LogP contribution in [0.15, 0.2) is 24.5 Å². The maximum atomic E-state index is 4.10. The normalized spacial score (nSPS) is 29.1. The zero-order valence-electron chi connectivity index (χ0n) is 7.03. The molecule has 2 heterocycles. The first-order valence-electron chi connectivity index (χ1n) is 4.14. The van der Waals surface area contributed by atoms with E-state index in [1.807, 2.05) is 30.2 Å². The van der Waals surface area contributed by atoms with Gasteiger partial charge in [-0.3, -0.25) is 10.3 Å². The molecule has 0 spiro atoms. The molecule has 2 unspecified atom stereocenters. The molecule has 1 aliphatic rings. The van der Waals surface area contributed by atoms with E-state index in [2.05, 4.69) is 23.3 Å². The van der Waals surface area contributed by atoms with Gasteiger partial charge in [-0.2, -0.15) is 0 Å². The van der Waals surface area contributed by atoms with Crippen molar-refractivity contribution in [3.8, 4) is 0 Å². The minimum absolute atomic E-state index is 0.452. The summed E-state index contributed by atoms with van der Waals surface area (Å²) in [6, 6.07) is 4.73. The quantitative estimate of drug-likeness (QED) is 0.713. The molecule has 1 fully saturated rings. The van der Waals surface area contributed by atoms with Crippen LogP contribution in [-0.2, 0) is 0 Å². The maximum Gasteiger partial charge on any atom is 0.0807 e. The molecule has 1 N–H and O–H groups in total. The fourth-order valence-corrected chi connectivity index (χ4v) is 2.56. The molecule has 1 aromatic rings. The summed E-state index contributed by atoms with van der Waals surface area (Å²) in [5, 5.41) is 3.95. The van der Waals surface area contributed by atoms with Crippen molar-refractivity contribution in [2.45, 2.75) is 18.3 Å². The summed E-state index contributed by atoms with van der Waals surface area (Å²) in [6.07, 6.45) is 3.75. The van der Waals surface area contributed by atoms with Gasteiger partial charge in [-0.25, -0.2) is 0 Å². The molecule has 0 aromatic carbocycles. The number of nitrogens with zero attached hydrogens (tertiary/aromatic N) is 1. The summed E-state index contributed by atoms with van der Waals surface area (Å²) in [5.74, 6) is 1.19. The second-order valence-corrected chi connectivity index (χ2v) is 4.21. The lowest BCUT2D eigenvalue weighted by Crippen LogP contribution is -2.21. The molecular formula is C9H12N2S. The average Bonchev–Trinajstić information content (AvgIpc) is 2.54. The lowest BCUT2D eigenvalue weighted by atomic mass is 10.2. The number of pyridine rings is 1. The lowest BCUT2D eigenvalue weighted by molar-refractivity contribution is 0.617. The fraction of sp³-hybridized carbons (Fsp3) is 0.444. The van der Waals surface area contributed by atoms with E-state index in [0.29, 0.717) is 11.4 Å². The van der Waals surface area contributed by atoms with Crippen molar-refractivity contribution in [2.75, 3.05) is 5.75 Å². The van der Waals surface area contributed by atoms with Gasteiger partial charge in [0.05, 0.1) is 5.37 Å². The molecule has 12 heavy (non-hydrogen) atoms. The van der Waals surface area contributed by atoms with E-state index in [4.69, 9.17) is 0 Å². The average molecular weight is 180 g/mol. The maximum absolute atomic E-state index is 4.10. The summed E-state index contributed by atoms with van der Waals surface area (Å²) in [4.78, 5) is 4.10. The van der Waals surface area contributed by atoms with Gasteiger partial charge in [0.25, 0.3) is 0 Å². The Balaban J connectivity index is 2.11. The van der Waals surface area contributed by atoms with Gasteiger partial charge in [-0.05, 0) is 18.6 Å². The van der Waals surface area contributed by atoms with Gasteiger partial charge in [-0.15, -0.1) is 11.8 Å². The number of aromatic nitrogens is 1. The third-order valence-electron chi connectivity index (χ3n) is 1.94. The molecule has 1 aliphatic heterocycles. The zero-order chi connectivity index (χ0) is 8.39. The first-order chi connectivity index (χ1) is 5.86. The van der Waals surface area contributed by atoms with Crippen molar-refractivity contribution >= 4 is 11.8 Å². The van der Waals surface area contributed by atoms with Crippen LogP contribution in [0.3, 0.4) is 0 Å². The van der Waals surface area contributed by atoms with E-state index in [0.717, 1.165) is 0 Å². The molecule has 2 nitrogen and oxygen atoms in total. The molecule has 1 saturated heterocycles. The van der Waals surface area contributed by atoms with Gasteiger partial charge in [0, 0.05) is 24.2 Å². The number of rotatable bonds is 1. The molecule has 0 amide bonds. The van der Waals surface area contributed by atoms with Crippen LogP contribution in [0.4, 0.5) is 0 Å². The van der Waals surface area contributed by atoms with E-state index in [-0.39, 0.29) is 0 Å². The van der Waals surface area contributed by atoms with E-state index in [1.54, 1.807) is 0 Å². The van der Waals surface area contributed by atoms with Gasteiger partial charge in [0.1, 0.15) is 0 Å². The van der Waals surface area contributed by atoms with E-state index in [9.17, 15) is 0 Å². The molecule has 0 bridgehead atoms. The zero-order valence-corrected chi connectivity index (χ0v) is 7.84. The van der Waals surface area contributed by atoms with Gasteiger partial charge >= 0.3 is 0 Å². The third kappa shape index (κ3) is 1.62. The minimum atomic E-state index is 0.452. The summed E-state index contributed by atoms with van der Waals surface area (Å²) in [6.45, 7) is 2.21. The number of nitrogens with one attached hydrogen (secondary N) is 1. The Morgan fingerprint density at radius 3 is 3.17 bits per heavy atom. The van der Waals surface area contributed by atoms with Crippen LogP contribution >= 0.6 is 11.8 Å². The third-order valence-corrected chi connectivity index (χ3v) is 3.37. The molecule has 64 valence electrons. The van der Waals surface area contributed by atoms with Crippen molar-refractivity contribution in [3.63, 3.8) is 0 Å². The number of thioether (sulfide) groups is 1. The topological polar surface area (TPSA) is 24.9 Å². The number of hydrogen-bond acceptors (Lipinski definition) is 3. The second kappa shape index (κ2) is 3.46. The van der Waals surface area contributed by atoms with Crippen LogP contribution < -0.4 is 5.32 Å². The number of hydrogen-bond donors (Lipinski definition) is 1. The summed E-state index contributed by atoms with van der Waals surface area (Å²) in [7, 11) is 0. The highest BCUT2D eigenvalue weighted by molar-refractivity contribution is 7.99. The molecule has 3 heteroatoms. The Kier molecular flexibility index (Phi) is 2.33. The smallest absolute Gasteiger partial charge is 0.0807 e. The Morgan fingerprint density at radius 2 is 2.58 bits per heavy atom. The van der Waals surface area contributed by atoms with Gasteiger partial charge in [0.15, 0.2) is 0 Å². The monoisotopic (exact) mass is 180 g/mol. The molecule has 2 atom stereocenters. The fourth-order valence-electron chi connectivity index (χ4n) is 1.32. The van der Waals surface area contributed by atoms with Gasteiger partial charge in [0.2, 0.25) is 0 Å². The molecule has 2 rings (SSSR count). The van der Waals surface area contributed by atoms with Crippen LogP contribution in [0.5, 0.6) is 0 Å². The molecule has 0 radical (unpaired) electrons. The van der Waals surface area contributed by atoms with Crippen molar-refractivity contribution in [2.24, 2.45) is 0 Å².